The SMILES string of the molecule is CC1Oc2ccccc2OC1C(=O)N1CCC(Oc2ccc(N(C)C)nn2)C1. The first-order chi connectivity index (χ1) is 13.5. The van der Waals surface area contributed by atoms with Crippen LogP contribution in [0, 0.1) is 0 Å². The molecule has 1 aromatic heterocycles. The van der Waals surface area contributed by atoms with Gasteiger partial charge in [0.15, 0.2) is 17.3 Å². The number of ether oxygens (including phenoxy) is 3. The van der Waals surface area contributed by atoms with Crippen molar-refractivity contribution in [1.29, 1.82) is 0 Å². The van der Waals surface area contributed by atoms with E-state index in [-0.39, 0.29) is 18.1 Å². The summed E-state index contributed by atoms with van der Waals surface area (Å²) in [6.45, 7) is 2.95. The van der Waals surface area contributed by atoms with Crippen LogP contribution >= 0.6 is 0 Å². The van der Waals surface area contributed by atoms with Crippen molar-refractivity contribution in [2.75, 3.05) is 32.1 Å². The molecule has 8 heteroatoms. The molecular weight excluding hydrogens is 360 g/mol. The van der Waals surface area contributed by atoms with Crippen molar-refractivity contribution < 1.29 is 19.0 Å². The molecule has 0 aliphatic carbocycles. The van der Waals surface area contributed by atoms with Crippen LogP contribution in [0.25, 0.3) is 0 Å². The standard InChI is InChI=1S/C20H24N4O4/c1-13-19(28-16-7-5-4-6-15(16)26-13)20(25)24-11-10-14(12-24)27-18-9-8-17(21-22-18)23(2)3/h4-9,13-14,19H,10-12H2,1-3H3. The Balaban J connectivity index is 1.36. The lowest BCUT2D eigenvalue weighted by Crippen LogP contribution is -2.50. The fourth-order valence-electron chi connectivity index (χ4n) is 3.38. The van der Waals surface area contributed by atoms with Crippen molar-refractivity contribution in [2.45, 2.75) is 31.7 Å². The average Bonchev–Trinajstić information content (AvgIpc) is 3.16. The Hall–Kier alpha value is -3.03. The van der Waals surface area contributed by atoms with Gasteiger partial charge in [-0.25, -0.2) is 0 Å². The summed E-state index contributed by atoms with van der Waals surface area (Å²) in [4.78, 5) is 16.6. The monoisotopic (exact) mass is 384 g/mol. The van der Waals surface area contributed by atoms with E-state index in [0.29, 0.717) is 30.5 Å². The topological polar surface area (TPSA) is 77.0 Å². The van der Waals surface area contributed by atoms with Crippen LogP contribution < -0.4 is 19.1 Å². The molecule has 4 rings (SSSR count). The fourth-order valence-corrected chi connectivity index (χ4v) is 3.38. The summed E-state index contributed by atoms with van der Waals surface area (Å²) in [5.74, 6) is 2.41. The Morgan fingerprint density at radius 3 is 2.57 bits per heavy atom. The highest BCUT2D eigenvalue weighted by Gasteiger charge is 2.39. The summed E-state index contributed by atoms with van der Waals surface area (Å²) < 4.78 is 17.7. The number of anilines is 1. The van der Waals surface area contributed by atoms with E-state index in [4.69, 9.17) is 14.2 Å². The Bertz CT molecular complexity index is 842. The summed E-state index contributed by atoms with van der Waals surface area (Å²) in [5.41, 5.74) is 0. The molecule has 2 aliphatic heterocycles. The molecule has 3 unspecified atom stereocenters. The van der Waals surface area contributed by atoms with Gasteiger partial charge in [-0.05, 0) is 25.1 Å². The predicted molar refractivity (Wildman–Crippen MR) is 103 cm³/mol. The lowest BCUT2D eigenvalue weighted by atomic mass is 10.1. The number of hydrogen-bond acceptors (Lipinski definition) is 7. The molecule has 148 valence electrons. The van der Waals surface area contributed by atoms with E-state index in [1.54, 1.807) is 11.0 Å². The van der Waals surface area contributed by atoms with Gasteiger partial charge in [0.05, 0.1) is 6.54 Å². The minimum Gasteiger partial charge on any atom is -0.482 e. The number of rotatable bonds is 4. The molecule has 3 atom stereocenters. The summed E-state index contributed by atoms with van der Waals surface area (Å²) >= 11 is 0. The Morgan fingerprint density at radius 2 is 1.89 bits per heavy atom. The van der Waals surface area contributed by atoms with Crippen molar-refractivity contribution in [3.05, 3.63) is 36.4 Å². The lowest BCUT2D eigenvalue weighted by molar-refractivity contribution is -0.143. The molecule has 1 amide bonds. The number of benzene rings is 1. The van der Waals surface area contributed by atoms with Gasteiger partial charge < -0.3 is 24.0 Å². The molecule has 2 aromatic rings. The zero-order valence-electron chi connectivity index (χ0n) is 16.2. The van der Waals surface area contributed by atoms with Crippen LogP contribution in [0.5, 0.6) is 17.4 Å². The van der Waals surface area contributed by atoms with Gasteiger partial charge >= 0.3 is 0 Å². The average molecular weight is 384 g/mol. The minimum atomic E-state index is -0.659. The third-order valence-corrected chi connectivity index (χ3v) is 4.91. The number of carbonyl (C=O) groups excluding carboxylic acids is 1. The van der Waals surface area contributed by atoms with Gasteiger partial charge in [0.25, 0.3) is 5.91 Å². The molecule has 1 fully saturated rings. The van der Waals surface area contributed by atoms with Gasteiger partial charge in [0.1, 0.15) is 12.2 Å². The third-order valence-electron chi connectivity index (χ3n) is 4.91. The highest BCUT2D eigenvalue weighted by Crippen LogP contribution is 2.34. The maximum atomic E-state index is 13.0. The van der Waals surface area contributed by atoms with Crippen molar-refractivity contribution in [3.8, 4) is 17.4 Å². The van der Waals surface area contributed by atoms with Crippen molar-refractivity contribution in [1.82, 2.24) is 15.1 Å². The summed E-state index contributed by atoms with van der Waals surface area (Å²) in [6, 6.07) is 11.0. The highest BCUT2D eigenvalue weighted by molar-refractivity contribution is 5.82. The van der Waals surface area contributed by atoms with Gasteiger partial charge in [0.2, 0.25) is 12.0 Å². The van der Waals surface area contributed by atoms with Gasteiger partial charge in [0, 0.05) is 33.1 Å². The largest absolute Gasteiger partial charge is 0.482 e. The fraction of sp³-hybridized carbons (Fsp3) is 0.450. The molecule has 0 saturated carbocycles. The molecule has 0 N–H and O–H groups in total. The minimum absolute atomic E-state index is 0.0813. The first-order valence-electron chi connectivity index (χ1n) is 9.40. The second-order valence-corrected chi connectivity index (χ2v) is 7.25. The second kappa shape index (κ2) is 7.53. The van der Waals surface area contributed by atoms with E-state index in [9.17, 15) is 4.79 Å². The summed E-state index contributed by atoms with van der Waals surface area (Å²) in [6.07, 6.45) is -0.392. The van der Waals surface area contributed by atoms with Crippen molar-refractivity contribution >= 4 is 11.7 Å². The van der Waals surface area contributed by atoms with E-state index in [0.717, 1.165) is 12.2 Å². The van der Waals surface area contributed by atoms with Crippen LogP contribution in [-0.4, -0.2) is 66.5 Å². The molecule has 0 radical (unpaired) electrons. The molecule has 2 aliphatic rings. The van der Waals surface area contributed by atoms with Crippen LogP contribution in [0.3, 0.4) is 0 Å². The predicted octanol–water partition coefficient (Wildman–Crippen LogP) is 1.75. The number of para-hydroxylation sites is 2. The highest BCUT2D eigenvalue weighted by atomic mass is 16.6. The molecule has 0 bridgehead atoms. The molecule has 3 heterocycles. The van der Waals surface area contributed by atoms with Gasteiger partial charge in [-0.2, -0.15) is 0 Å². The van der Waals surface area contributed by atoms with Crippen LogP contribution in [0.1, 0.15) is 13.3 Å². The van der Waals surface area contributed by atoms with E-state index >= 15 is 0 Å². The number of carbonyl (C=O) groups is 1. The molecule has 8 nitrogen and oxygen atoms in total. The summed E-state index contributed by atoms with van der Waals surface area (Å²) in [7, 11) is 3.81. The van der Waals surface area contributed by atoms with Crippen LogP contribution in [0.15, 0.2) is 36.4 Å². The van der Waals surface area contributed by atoms with E-state index in [2.05, 4.69) is 10.2 Å². The maximum Gasteiger partial charge on any atom is 0.267 e. The van der Waals surface area contributed by atoms with Gasteiger partial charge in [-0.15, -0.1) is 10.2 Å². The Labute approximate surface area is 164 Å². The van der Waals surface area contributed by atoms with Crippen LogP contribution in [0.4, 0.5) is 5.82 Å². The van der Waals surface area contributed by atoms with Crippen molar-refractivity contribution in [2.24, 2.45) is 0 Å². The molecule has 1 aromatic carbocycles. The number of nitrogens with zero attached hydrogens (tertiary/aromatic N) is 4. The quantitative estimate of drug-likeness (QED) is 0.795. The van der Waals surface area contributed by atoms with Crippen LogP contribution in [-0.2, 0) is 4.79 Å². The Morgan fingerprint density at radius 1 is 1.14 bits per heavy atom. The zero-order chi connectivity index (χ0) is 19.7. The number of likely N-dealkylation sites (tertiary alicyclic amines) is 1. The number of fused-ring (bicyclic) bond motifs is 1. The molecule has 1 saturated heterocycles. The van der Waals surface area contributed by atoms with E-state index in [1.807, 2.05) is 56.3 Å². The number of amides is 1. The lowest BCUT2D eigenvalue weighted by Gasteiger charge is -2.33. The smallest absolute Gasteiger partial charge is 0.267 e. The van der Waals surface area contributed by atoms with Gasteiger partial charge in [-0.3, -0.25) is 4.79 Å². The van der Waals surface area contributed by atoms with Gasteiger partial charge in [-0.1, -0.05) is 12.1 Å². The first-order valence-corrected chi connectivity index (χ1v) is 9.40. The van der Waals surface area contributed by atoms with Crippen LogP contribution in [0.2, 0.25) is 0 Å². The second-order valence-electron chi connectivity index (χ2n) is 7.25. The Kier molecular flexibility index (Phi) is 4.93. The maximum absolute atomic E-state index is 13.0. The summed E-state index contributed by atoms with van der Waals surface area (Å²) in [5, 5.41) is 8.21. The first kappa shape index (κ1) is 18.3. The number of hydrogen-bond donors (Lipinski definition) is 0. The molecular formula is C20H24N4O4. The van der Waals surface area contributed by atoms with Crippen molar-refractivity contribution in [3.63, 3.8) is 0 Å². The van der Waals surface area contributed by atoms with E-state index in [1.165, 1.54) is 0 Å². The molecule has 0 spiro atoms. The number of aromatic nitrogens is 2. The third kappa shape index (κ3) is 3.67. The zero-order valence-corrected chi connectivity index (χ0v) is 16.2. The molecule has 28 heavy (non-hydrogen) atoms. The normalized spacial score (nSPS) is 23.4. The van der Waals surface area contributed by atoms with E-state index < -0.39 is 6.10 Å².